The molecule has 22 heavy (non-hydrogen) atoms. The van der Waals surface area contributed by atoms with Crippen LogP contribution in [0.15, 0.2) is 36.9 Å². The van der Waals surface area contributed by atoms with E-state index in [0.29, 0.717) is 5.75 Å². The van der Waals surface area contributed by atoms with Gasteiger partial charge in [-0.2, -0.15) is 5.10 Å². The van der Waals surface area contributed by atoms with Crippen molar-refractivity contribution in [3.63, 3.8) is 0 Å². The van der Waals surface area contributed by atoms with Gasteiger partial charge in [0.05, 0.1) is 16.3 Å². The third-order valence-electron chi connectivity index (χ3n) is 4.55. The first-order valence-corrected chi connectivity index (χ1v) is 8.69. The van der Waals surface area contributed by atoms with E-state index in [0.717, 1.165) is 24.2 Å². The van der Waals surface area contributed by atoms with Crippen LogP contribution in [0.2, 0.25) is 0 Å². The van der Waals surface area contributed by atoms with E-state index in [4.69, 9.17) is 0 Å². The molecule has 0 bridgehead atoms. The van der Waals surface area contributed by atoms with E-state index in [1.165, 1.54) is 25.6 Å². The summed E-state index contributed by atoms with van der Waals surface area (Å²) in [5.41, 5.74) is 1.96. The minimum atomic E-state index is -0.00982. The number of nitrogens with zero attached hydrogens (tertiary/aromatic N) is 4. The van der Waals surface area contributed by atoms with E-state index in [1.807, 2.05) is 40.9 Å². The van der Waals surface area contributed by atoms with E-state index in [1.54, 1.807) is 11.0 Å². The Kier molecular flexibility index (Phi) is 3.41. The molecule has 1 aromatic carbocycles. The number of carbonyl (C=O) groups excluding carboxylic acids is 1. The van der Waals surface area contributed by atoms with Crippen LogP contribution >= 0.6 is 11.8 Å². The van der Waals surface area contributed by atoms with Gasteiger partial charge in [-0.05, 0) is 37.1 Å². The van der Waals surface area contributed by atoms with Crippen molar-refractivity contribution in [1.29, 1.82) is 0 Å². The summed E-state index contributed by atoms with van der Waals surface area (Å²) in [6, 6.07) is 8.04. The van der Waals surface area contributed by atoms with Crippen LogP contribution in [-0.4, -0.2) is 31.3 Å². The molecule has 1 aliphatic heterocycles. The lowest BCUT2D eigenvalue weighted by Crippen LogP contribution is -2.45. The largest absolute Gasteiger partial charge is 0.297 e. The van der Waals surface area contributed by atoms with Gasteiger partial charge in [0.1, 0.15) is 12.7 Å². The van der Waals surface area contributed by atoms with Gasteiger partial charge < -0.3 is 0 Å². The van der Waals surface area contributed by atoms with Crippen molar-refractivity contribution in [2.24, 2.45) is 0 Å². The standard InChI is InChI=1S/C16H18N4OS/c21-15-10-22-16(8-2-1-3-9-16)20(15)14-6-4-13(5-7-14)19-12-17-11-18-19/h4-7,11-12H,1-3,8-10H2. The van der Waals surface area contributed by atoms with Gasteiger partial charge in [0.25, 0.3) is 0 Å². The Morgan fingerprint density at radius 3 is 2.45 bits per heavy atom. The van der Waals surface area contributed by atoms with Gasteiger partial charge in [-0.15, -0.1) is 11.8 Å². The van der Waals surface area contributed by atoms with Gasteiger partial charge in [0.15, 0.2) is 0 Å². The molecule has 6 heteroatoms. The van der Waals surface area contributed by atoms with Crippen LogP contribution in [0.4, 0.5) is 5.69 Å². The first-order chi connectivity index (χ1) is 10.8. The molecule has 1 aromatic heterocycles. The fourth-order valence-corrected chi connectivity index (χ4v) is 4.93. The fourth-order valence-electron chi connectivity index (χ4n) is 3.50. The summed E-state index contributed by atoms with van der Waals surface area (Å²) in [5.74, 6) is 0.838. The van der Waals surface area contributed by atoms with Crippen LogP contribution in [0.5, 0.6) is 0 Å². The third kappa shape index (κ3) is 2.22. The molecule has 0 unspecified atom stereocenters. The highest BCUT2D eigenvalue weighted by Crippen LogP contribution is 2.48. The molecule has 1 amide bonds. The van der Waals surface area contributed by atoms with E-state index in [2.05, 4.69) is 10.1 Å². The van der Waals surface area contributed by atoms with E-state index in [-0.39, 0.29) is 10.8 Å². The number of amides is 1. The lowest BCUT2D eigenvalue weighted by molar-refractivity contribution is -0.116. The molecular formula is C16H18N4OS. The number of rotatable bonds is 2. The molecule has 4 rings (SSSR count). The van der Waals surface area contributed by atoms with Crippen LogP contribution in [0, 0.1) is 0 Å². The molecule has 0 atom stereocenters. The van der Waals surface area contributed by atoms with E-state index < -0.39 is 0 Å². The molecule has 1 spiro atoms. The fraction of sp³-hybridized carbons (Fsp3) is 0.438. The van der Waals surface area contributed by atoms with Gasteiger partial charge in [-0.25, -0.2) is 9.67 Å². The summed E-state index contributed by atoms with van der Waals surface area (Å²) in [7, 11) is 0. The highest BCUT2D eigenvalue weighted by atomic mass is 32.2. The van der Waals surface area contributed by atoms with Crippen molar-refractivity contribution in [1.82, 2.24) is 14.8 Å². The lowest BCUT2D eigenvalue weighted by atomic mass is 9.93. The van der Waals surface area contributed by atoms with Gasteiger partial charge >= 0.3 is 0 Å². The third-order valence-corrected chi connectivity index (χ3v) is 6.07. The van der Waals surface area contributed by atoms with Crippen LogP contribution in [0.1, 0.15) is 32.1 Å². The summed E-state index contributed by atoms with van der Waals surface area (Å²) in [5, 5.41) is 4.13. The second-order valence-corrected chi connectivity index (χ2v) is 7.22. The van der Waals surface area contributed by atoms with Crippen molar-refractivity contribution in [3.8, 4) is 5.69 Å². The van der Waals surface area contributed by atoms with Gasteiger partial charge in [-0.1, -0.05) is 19.3 Å². The van der Waals surface area contributed by atoms with E-state index in [9.17, 15) is 4.79 Å². The zero-order chi connectivity index (χ0) is 15.0. The Balaban J connectivity index is 1.66. The van der Waals surface area contributed by atoms with Crippen molar-refractivity contribution in [3.05, 3.63) is 36.9 Å². The maximum Gasteiger partial charge on any atom is 0.238 e. The average molecular weight is 314 g/mol. The van der Waals surface area contributed by atoms with Crippen LogP contribution < -0.4 is 4.90 Å². The Labute approximate surface area is 133 Å². The molecule has 114 valence electrons. The number of thioether (sulfide) groups is 1. The quantitative estimate of drug-likeness (QED) is 0.855. The van der Waals surface area contributed by atoms with E-state index >= 15 is 0 Å². The topological polar surface area (TPSA) is 51.0 Å². The first kappa shape index (κ1) is 13.8. The molecule has 0 radical (unpaired) electrons. The Morgan fingerprint density at radius 2 is 1.77 bits per heavy atom. The summed E-state index contributed by atoms with van der Waals surface area (Å²) in [4.78, 5) is 18.4. The Bertz CT molecular complexity index is 662. The Hall–Kier alpha value is -1.82. The monoisotopic (exact) mass is 314 g/mol. The smallest absolute Gasteiger partial charge is 0.238 e. The zero-order valence-corrected chi connectivity index (χ0v) is 13.1. The number of carbonyl (C=O) groups is 1. The van der Waals surface area contributed by atoms with Crippen molar-refractivity contribution >= 4 is 23.4 Å². The lowest BCUT2D eigenvalue weighted by Gasteiger charge is -2.40. The number of hydrogen-bond acceptors (Lipinski definition) is 4. The maximum absolute atomic E-state index is 12.4. The maximum atomic E-state index is 12.4. The molecule has 5 nitrogen and oxygen atoms in total. The van der Waals surface area contributed by atoms with Crippen molar-refractivity contribution < 1.29 is 4.79 Å². The highest BCUT2D eigenvalue weighted by Gasteiger charge is 2.47. The molecule has 1 aliphatic carbocycles. The summed E-state index contributed by atoms with van der Waals surface area (Å²) in [6.07, 6.45) is 9.12. The van der Waals surface area contributed by atoms with Crippen molar-refractivity contribution in [2.45, 2.75) is 37.0 Å². The number of hydrogen-bond donors (Lipinski definition) is 0. The molecule has 2 aromatic rings. The average Bonchev–Trinajstić information content (AvgIpc) is 3.18. The minimum absolute atomic E-state index is 0.00982. The van der Waals surface area contributed by atoms with Crippen LogP contribution in [0.3, 0.4) is 0 Å². The molecule has 0 N–H and O–H groups in total. The number of aromatic nitrogens is 3. The molecular weight excluding hydrogens is 296 g/mol. The second kappa shape index (κ2) is 5.43. The summed E-state index contributed by atoms with van der Waals surface area (Å²) < 4.78 is 1.72. The summed E-state index contributed by atoms with van der Waals surface area (Å²) in [6.45, 7) is 0. The SMILES string of the molecule is O=C1CSC2(CCCCC2)N1c1ccc(-n2cncn2)cc1. The normalized spacial score (nSPS) is 20.7. The number of benzene rings is 1. The predicted molar refractivity (Wildman–Crippen MR) is 87.1 cm³/mol. The van der Waals surface area contributed by atoms with Gasteiger partial charge in [-0.3, -0.25) is 9.69 Å². The number of anilines is 1. The van der Waals surface area contributed by atoms with Gasteiger partial charge in [0.2, 0.25) is 5.91 Å². The van der Waals surface area contributed by atoms with Gasteiger partial charge in [0, 0.05) is 5.69 Å². The molecule has 1 saturated heterocycles. The molecule has 2 aliphatic rings. The summed E-state index contributed by atoms with van der Waals surface area (Å²) >= 11 is 1.83. The first-order valence-electron chi connectivity index (χ1n) is 7.71. The van der Waals surface area contributed by atoms with Crippen LogP contribution in [-0.2, 0) is 4.79 Å². The Morgan fingerprint density at radius 1 is 1.05 bits per heavy atom. The highest BCUT2D eigenvalue weighted by molar-refractivity contribution is 8.02. The second-order valence-electron chi connectivity index (χ2n) is 5.88. The minimum Gasteiger partial charge on any atom is -0.297 e. The molecule has 2 heterocycles. The predicted octanol–water partition coefficient (Wildman–Crippen LogP) is 3.01. The molecule has 2 fully saturated rings. The zero-order valence-electron chi connectivity index (χ0n) is 12.3. The van der Waals surface area contributed by atoms with Crippen LogP contribution in [0.25, 0.3) is 5.69 Å². The van der Waals surface area contributed by atoms with Crippen molar-refractivity contribution in [2.75, 3.05) is 10.7 Å². The molecule has 1 saturated carbocycles.